The van der Waals surface area contributed by atoms with E-state index in [9.17, 15) is 10.1 Å². The van der Waals surface area contributed by atoms with Gasteiger partial charge in [-0.2, -0.15) is 5.26 Å². The van der Waals surface area contributed by atoms with E-state index in [2.05, 4.69) is 11.1 Å². The van der Waals surface area contributed by atoms with Gasteiger partial charge in [0.05, 0.1) is 6.07 Å². The molecule has 21 heavy (non-hydrogen) atoms. The fraction of sp³-hybridized carbons (Fsp3) is 0.588. The maximum atomic E-state index is 12.7. The van der Waals surface area contributed by atoms with Gasteiger partial charge in [-0.1, -0.05) is 32.8 Å². The Balaban J connectivity index is 2.72. The second-order valence-corrected chi connectivity index (χ2v) is 5.49. The molecule has 0 spiro atoms. The second kappa shape index (κ2) is 8.41. The van der Waals surface area contributed by atoms with Crippen LogP contribution in [0.1, 0.15) is 45.2 Å². The third kappa shape index (κ3) is 4.56. The summed E-state index contributed by atoms with van der Waals surface area (Å²) in [5.74, 6) is -0.0513. The first kappa shape index (κ1) is 17.2. The van der Waals surface area contributed by atoms with Crippen LogP contribution in [0, 0.1) is 16.7 Å². The van der Waals surface area contributed by atoms with E-state index in [0.29, 0.717) is 25.8 Å². The molecule has 1 aromatic rings. The van der Waals surface area contributed by atoms with Crippen LogP contribution >= 0.6 is 0 Å². The van der Waals surface area contributed by atoms with Gasteiger partial charge in [0.25, 0.3) is 0 Å². The van der Waals surface area contributed by atoms with E-state index in [1.54, 1.807) is 18.1 Å². The Morgan fingerprint density at radius 1 is 1.33 bits per heavy atom. The number of hydrogen-bond donors (Lipinski definition) is 0. The summed E-state index contributed by atoms with van der Waals surface area (Å²) in [6.07, 6.45) is 5.41. The molecule has 0 fully saturated rings. The van der Waals surface area contributed by atoms with E-state index in [1.807, 2.05) is 32.0 Å². The average Bonchev–Trinajstić information content (AvgIpc) is 2.52. The van der Waals surface area contributed by atoms with Crippen LogP contribution in [-0.4, -0.2) is 29.4 Å². The van der Waals surface area contributed by atoms with Gasteiger partial charge in [0.1, 0.15) is 5.41 Å². The lowest BCUT2D eigenvalue weighted by atomic mass is 9.79. The third-order valence-electron chi connectivity index (χ3n) is 3.75. The number of hydrogen-bond acceptors (Lipinski definition) is 3. The minimum atomic E-state index is -0.859. The van der Waals surface area contributed by atoms with Gasteiger partial charge in [0, 0.05) is 31.9 Å². The molecule has 4 heteroatoms. The maximum Gasteiger partial charge on any atom is 0.242 e. The molecule has 1 heterocycles. The summed E-state index contributed by atoms with van der Waals surface area (Å²) in [7, 11) is 1.78. The second-order valence-electron chi connectivity index (χ2n) is 5.49. The van der Waals surface area contributed by atoms with Gasteiger partial charge in [0.15, 0.2) is 0 Å². The number of nitrogens with zero attached hydrogens (tertiary/aromatic N) is 3. The van der Waals surface area contributed by atoms with Gasteiger partial charge in [-0.25, -0.2) is 0 Å². The largest absolute Gasteiger partial charge is 0.344 e. The summed E-state index contributed by atoms with van der Waals surface area (Å²) in [4.78, 5) is 18.6. The lowest BCUT2D eigenvalue weighted by Crippen LogP contribution is -2.42. The molecule has 0 aliphatic heterocycles. The minimum absolute atomic E-state index is 0.0513. The summed E-state index contributed by atoms with van der Waals surface area (Å²) in [6.45, 7) is 4.62. The smallest absolute Gasteiger partial charge is 0.242 e. The Morgan fingerprint density at radius 2 is 2.00 bits per heavy atom. The lowest BCUT2D eigenvalue weighted by molar-refractivity contribution is -0.138. The van der Waals surface area contributed by atoms with Gasteiger partial charge in [-0.3, -0.25) is 9.78 Å². The van der Waals surface area contributed by atoms with Crippen LogP contribution in [0.4, 0.5) is 0 Å². The lowest BCUT2D eigenvalue weighted by Gasteiger charge is -2.30. The zero-order valence-corrected chi connectivity index (χ0v) is 13.3. The normalized spacial score (nSPS) is 11.0. The van der Waals surface area contributed by atoms with Crippen molar-refractivity contribution < 1.29 is 4.79 Å². The van der Waals surface area contributed by atoms with Crippen molar-refractivity contribution in [3.63, 3.8) is 0 Å². The fourth-order valence-electron chi connectivity index (χ4n) is 2.65. The van der Waals surface area contributed by atoms with Gasteiger partial charge in [0.2, 0.25) is 5.91 Å². The molecule has 0 unspecified atom stereocenters. The van der Waals surface area contributed by atoms with Crippen molar-refractivity contribution in [3.05, 3.63) is 30.1 Å². The number of carbonyl (C=O) groups is 1. The average molecular weight is 287 g/mol. The van der Waals surface area contributed by atoms with E-state index >= 15 is 0 Å². The molecule has 0 aliphatic rings. The van der Waals surface area contributed by atoms with Crippen LogP contribution in [0.2, 0.25) is 0 Å². The molecule has 0 saturated carbocycles. The van der Waals surface area contributed by atoms with Gasteiger partial charge in [-0.15, -0.1) is 0 Å². The molecule has 0 bridgehead atoms. The molecule has 4 nitrogen and oxygen atoms in total. The van der Waals surface area contributed by atoms with Crippen molar-refractivity contribution in [1.82, 2.24) is 9.88 Å². The first-order valence-electron chi connectivity index (χ1n) is 7.66. The van der Waals surface area contributed by atoms with Gasteiger partial charge >= 0.3 is 0 Å². The molecule has 114 valence electrons. The number of nitriles is 1. The Kier molecular flexibility index (Phi) is 6.87. The van der Waals surface area contributed by atoms with E-state index in [4.69, 9.17) is 0 Å². The molecule has 0 aliphatic carbocycles. The van der Waals surface area contributed by atoms with Crippen LogP contribution in [0.15, 0.2) is 24.4 Å². The van der Waals surface area contributed by atoms with Crippen molar-refractivity contribution in [1.29, 1.82) is 5.26 Å². The molecular formula is C17H25N3O. The molecular weight excluding hydrogens is 262 g/mol. The molecule has 1 aromatic heterocycles. The summed E-state index contributed by atoms with van der Waals surface area (Å²) >= 11 is 0. The van der Waals surface area contributed by atoms with Gasteiger partial charge in [-0.05, 0) is 25.0 Å². The van der Waals surface area contributed by atoms with Crippen molar-refractivity contribution in [2.24, 2.45) is 5.41 Å². The number of likely N-dealkylation sites (N-methyl/N-ethyl adjacent to an activating group) is 1. The topological polar surface area (TPSA) is 57.0 Å². The maximum absolute atomic E-state index is 12.7. The van der Waals surface area contributed by atoms with E-state index < -0.39 is 5.41 Å². The number of aromatic nitrogens is 1. The first-order valence-corrected chi connectivity index (χ1v) is 7.66. The Bertz CT molecular complexity index is 473. The molecule has 0 radical (unpaired) electrons. The summed E-state index contributed by atoms with van der Waals surface area (Å²) in [5.41, 5.74) is 0.105. The Labute approximate surface area is 127 Å². The summed E-state index contributed by atoms with van der Waals surface area (Å²) in [5, 5.41) is 9.53. The number of rotatable bonds is 8. The van der Waals surface area contributed by atoms with E-state index in [1.165, 1.54) is 0 Å². The van der Waals surface area contributed by atoms with Gasteiger partial charge < -0.3 is 4.90 Å². The van der Waals surface area contributed by atoms with Crippen molar-refractivity contribution in [2.75, 3.05) is 13.6 Å². The number of pyridine rings is 1. The predicted octanol–water partition coefficient (Wildman–Crippen LogP) is 3.19. The molecule has 1 amide bonds. The highest BCUT2D eigenvalue weighted by atomic mass is 16.2. The van der Waals surface area contributed by atoms with Crippen molar-refractivity contribution in [3.8, 4) is 6.07 Å². The highest BCUT2D eigenvalue weighted by molar-refractivity contribution is 5.85. The standard InChI is InChI=1S/C17H25N3O/c1-4-10-17(14-18,11-5-2)16(21)20(3)13-9-15-8-6-7-12-19-15/h6-8,12H,4-5,9-11,13H2,1-3H3. The monoisotopic (exact) mass is 287 g/mol. The zero-order chi connectivity index (χ0) is 15.7. The zero-order valence-electron chi connectivity index (χ0n) is 13.3. The quantitative estimate of drug-likeness (QED) is 0.737. The van der Waals surface area contributed by atoms with E-state index in [0.717, 1.165) is 18.5 Å². The SMILES string of the molecule is CCCC(C#N)(CCC)C(=O)N(C)CCc1ccccn1. The van der Waals surface area contributed by atoms with Crippen LogP contribution in [-0.2, 0) is 11.2 Å². The minimum Gasteiger partial charge on any atom is -0.344 e. The highest BCUT2D eigenvalue weighted by Gasteiger charge is 2.38. The Morgan fingerprint density at radius 3 is 2.48 bits per heavy atom. The van der Waals surface area contributed by atoms with Crippen LogP contribution in [0.3, 0.4) is 0 Å². The van der Waals surface area contributed by atoms with Crippen molar-refractivity contribution >= 4 is 5.91 Å². The molecule has 1 rings (SSSR count). The highest BCUT2D eigenvalue weighted by Crippen LogP contribution is 2.31. The molecule has 0 atom stereocenters. The number of carbonyl (C=O) groups excluding carboxylic acids is 1. The molecule has 0 aromatic carbocycles. The van der Waals surface area contributed by atoms with E-state index in [-0.39, 0.29) is 5.91 Å². The number of amides is 1. The van der Waals surface area contributed by atoms with Crippen LogP contribution in [0.5, 0.6) is 0 Å². The van der Waals surface area contributed by atoms with Crippen LogP contribution < -0.4 is 0 Å². The molecule has 0 N–H and O–H groups in total. The van der Waals surface area contributed by atoms with Crippen LogP contribution in [0.25, 0.3) is 0 Å². The molecule has 0 saturated heterocycles. The first-order chi connectivity index (χ1) is 10.1. The Hall–Kier alpha value is -1.89. The van der Waals surface area contributed by atoms with Crippen molar-refractivity contribution in [2.45, 2.75) is 46.0 Å². The predicted molar refractivity (Wildman–Crippen MR) is 83.4 cm³/mol. The fourth-order valence-corrected chi connectivity index (χ4v) is 2.65. The third-order valence-corrected chi connectivity index (χ3v) is 3.75. The summed E-state index contributed by atoms with van der Waals surface area (Å²) < 4.78 is 0. The summed E-state index contributed by atoms with van der Waals surface area (Å²) in [6, 6.07) is 8.06.